The van der Waals surface area contributed by atoms with Crippen LogP contribution in [-0.2, 0) is 9.53 Å². The van der Waals surface area contributed by atoms with Crippen molar-refractivity contribution in [2.75, 3.05) is 6.61 Å². The van der Waals surface area contributed by atoms with Gasteiger partial charge in [-0.15, -0.1) is 11.3 Å². The Balaban J connectivity index is 1.71. The number of urea groups is 1. The van der Waals surface area contributed by atoms with Gasteiger partial charge in [0, 0.05) is 6.04 Å². The summed E-state index contributed by atoms with van der Waals surface area (Å²) in [7, 11) is 0. The van der Waals surface area contributed by atoms with Gasteiger partial charge in [-0.1, -0.05) is 31.4 Å². The van der Waals surface area contributed by atoms with Gasteiger partial charge in [0.1, 0.15) is 4.88 Å². The van der Waals surface area contributed by atoms with E-state index in [4.69, 9.17) is 16.3 Å². The Morgan fingerprint density at radius 1 is 1.30 bits per heavy atom. The van der Waals surface area contributed by atoms with Crippen LogP contribution in [0.15, 0.2) is 12.1 Å². The van der Waals surface area contributed by atoms with E-state index < -0.39 is 24.5 Å². The van der Waals surface area contributed by atoms with Crippen molar-refractivity contribution in [2.45, 2.75) is 38.6 Å². The Kier molecular flexibility index (Phi) is 6.41. The zero-order chi connectivity index (χ0) is 16.8. The third-order valence-electron chi connectivity index (χ3n) is 3.79. The molecule has 126 valence electrons. The number of amides is 3. The van der Waals surface area contributed by atoms with E-state index in [1.165, 1.54) is 12.5 Å². The van der Waals surface area contributed by atoms with Crippen molar-refractivity contribution >= 4 is 40.8 Å². The normalized spacial score (nSPS) is 20.6. The SMILES string of the molecule is C[C@H]1CCCC[C@H]1NC(=O)NC(=O)COC(=O)c1ccc(Cl)s1. The number of halogens is 1. The predicted molar refractivity (Wildman–Crippen MR) is 87.7 cm³/mol. The van der Waals surface area contributed by atoms with Crippen LogP contribution in [0.2, 0.25) is 4.34 Å². The Morgan fingerprint density at radius 2 is 2.04 bits per heavy atom. The molecule has 3 amide bonds. The molecule has 6 nitrogen and oxygen atoms in total. The smallest absolute Gasteiger partial charge is 0.348 e. The first-order valence-electron chi connectivity index (χ1n) is 7.48. The number of thiophene rings is 1. The fraction of sp³-hybridized carbons (Fsp3) is 0.533. The number of imide groups is 1. The van der Waals surface area contributed by atoms with Crippen molar-refractivity contribution in [1.82, 2.24) is 10.6 Å². The molecule has 0 bridgehead atoms. The van der Waals surface area contributed by atoms with Gasteiger partial charge in [0.2, 0.25) is 0 Å². The number of hydrogen-bond donors (Lipinski definition) is 2. The average molecular weight is 359 g/mol. The van der Waals surface area contributed by atoms with Crippen molar-refractivity contribution < 1.29 is 19.1 Å². The fourth-order valence-corrected chi connectivity index (χ4v) is 3.46. The summed E-state index contributed by atoms with van der Waals surface area (Å²) in [6.07, 6.45) is 4.23. The summed E-state index contributed by atoms with van der Waals surface area (Å²) in [5.74, 6) is -0.911. The molecule has 1 aliphatic rings. The van der Waals surface area contributed by atoms with Gasteiger partial charge in [0.25, 0.3) is 5.91 Å². The minimum absolute atomic E-state index is 0.0763. The molecule has 2 rings (SSSR count). The molecule has 0 saturated heterocycles. The van der Waals surface area contributed by atoms with Gasteiger partial charge >= 0.3 is 12.0 Å². The third kappa shape index (κ3) is 5.51. The lowest BCUT2D eigenvalue weighted by atomic mass is 9.86. The van der Waals surface area contributed by atoms with Crippen LogP contribution >= 0.6 is 22.9 Å². The van der Waals surface area contributed by atoms with E-state index >= 15 is 0 Å². The Bertz CT molecular complexity index is 590. The van der Waals surface area contributed by atoms with Crippen molar-refractivity contribution in [2.24, 2.45) is 5.92 Å². The molecule has 0 spiro atoms. The van der Waals surface area contributed by atoms with Gasteiger partial charge in [-0.05, 0) is 30.9 Å². The minimum Gasteiger partial charge on any atom is -0.451 e. The van der Waals surface area contributed by atoms with Gasteiger partial charge in [-0.2, -0.15) is 0 Å². The molecule has 1 fully saturated rings. The van der Waals surface area contributed by atoms with Crippen LogP contribution in [0.4, 0.5) is 4.79 Å². The van der Waals surface area contributed by atoms with E-state index in [0.717, 1.165) is 30.6 Å². The molecule has 2 atom stereocenters. The number of ether oxygens (including phenoxy) is 1. The number of esters is 1. The topological polar surface area (TPSA) is 84.5 Å². The van der Waals surface area contributed by atoms with E-state index in [0.29, 0.717) is 15.1 Å². The third-order valence-corrected chi connectivity index (χ3v) is 5.00. The first-order valence-corrected chi connectivity index (χ1v) is 8.68. The van der Waals surface area contributed by atoms with E-state index in [9.17, 15) is 14.4 Å². The van der Waals surface area contributed by atoms with E-state index in [1.807, 2.05) is 0 Å². The monoisotopic (exact) mass is 358 g/mol. The quantitative estimate of drug-likeness (QED) is 0.810. The lowest BCUT2D eigenvalue weighted by Crippen LogP contribution is -2.48. The Hall–Kier alpha value is -1.60. The number of hydrogen-bond acceptors (Lipinski definition) is 5. The summed E-state index contributed by atoms with van der Waals surface area (Å²) in [4.78, 5) is 35.4. The van der Waals surface area contributed by atoms with Gasteiger partial charge in [0.05, 0.1) is 4.34 Å². The number of nitrogens with one attached hydrogen (secondary N) is 2. The molecule has 0 aromatic carbocycles. The lowest BCUT2D eigenvalue weighted by molar-refractivity contribution is -0.123. The van der Waals surface area contributed by atoms with E-state index in [2.05, 4.69) is 17.6 Å². The molecule has 2 N–H and O–H groups in total. The Labute approximate surface area is 143 Å². The standard InChI is InChI=1S/C15H19ClN2O4S/c1-9-4-2-3-5-10(9)17-15(21)18-13(19)8-22-14(20)11-6-7-12(16)23-11/h6-7,9-10H,2-5,8H2,1H3,(H2,17,18,19,21)/t9-,10+/m0/s1. The fourth-order valence-electron chi connectivity index (χ4n) is 2.52. The zero-order valence-corrected chi connectivity index (χ0v) is 14.3. The van der Waals surface area contributed by atoms with E-state index in [-0.39, 0.29) is 6.04 Å². The highest BCUT2D eigenvalue weighted by molar-refractivity contribution is 7.17. The number of rotatable bonds is 4. The maximum Gasteiger partial charge on any atom is 0.348 e. The molecule has 1 aromatic rings. The number of carbonyl (C=O) groups is 3. The van der Waals surface area contributed by atoms with Gasteiger partial charge in [-0.25, -0.2) is 9.59 Å². The largest absolute Gasteiger partial charge is 0.451 e. The second-order valence-corrected chi connectivity index (χ2v) is 7.28. The molecule has 0 radical (unpaired) electrons. The molecule has 8 heteroatoms. The van der Waals surface area contributed by atoms with Crippen LogP contribution in [-0.4, -0.2) is 30.6 Å². The van der Waals surface area contributed by atoms with Gasteiger partial charge in [-0.3, -0.25) is 10.1 Å². The maximum absolute atomic E-state index is 11.8. The van der Waals surface area contributed by atoms with Crippen LogP contribution in [0.1, 0.15) is 42.3 Å². The maximum atomic E-state index is 11.8. The highest BCUT2D eigenvalue weighted by Gasteiger charge is 2.23. The predicted octanol–water partition coefficient (Wildman–Crippen LogP) is 2.96. The van der Waals surface area contributed by atoms with Gasteiger partial charge in [0.15, 0.2) is 6.61 Å². The van der Waals surface area contributed by atoms with Crippen LogP contribution < -0.4 is 10.6 Å². The highest BCUT2D eigenvalue weighted by Crippen LogP contribution is 2.23. The van der Waals surface area contributed by atoms with Crippen molar-refractivity contribution in [3.05, 3.63) is 21.3 Å². The molecular weight excluding hydrogens is 340 g/mol. The first-order chi connectivity index (χ1) is 11.0. The number of carbonyl (C=O) groups excluding carboxylic acids is 3. The molecule has 0 unspecified atom stereocenters. The lowest BCUT2D eigenvalue weighted by Gasteiger charge is -2.29. The van der Waals surface area contributed by atoms with Gasteiger partial charge < -0.3 is 10.1 Å². The minimum atomic E-state index is -0.665. The summed E-state index contributed by atoms with van der Waals surface area (Å²) in [6, 6.07) is 2.61. The van der Waals surface area contributed by atoms with Crippen molar-refractivity contribution in [3.63, 3.8) is 0 Å². The van der Waals surface area contributed by atoms with Crippen LogP contribution in [0.25, 0.3) is 0 Å². The molecule has 1 heterocycles. The Morgan fingerprint density at radius 3 is 2.70 bits per heavy atom. The van der Waals surface area contributed by atoms with Crippen molar-refractivity contribution in [3.8, 4) is 0 Å². The average Bonchev–Trinajstić information content (AvgIpc) is 2.94. The van der Waals surface area contributed by atoms with Crippen LogP contribution in [0.5, 0.6) is 0 Å². The molecule has 23 heavy (non-hydrogen) atoms. The molecule has 1 saturated carbocycles. The van der Waals surface area contributed by atoms with Crippen LogP contribution in [0, 0.1) is 5.92 Å². The molecular formula is C15H19ClN2O4S. The van der Waals surface area contributed by atoms with Crippen molar-refractivity contribution in [1.29, 1.82) is 0 Å². The summed E-state index contributed by atoms with van der Waals surface area (Å²) in [6.45, 7) is 1.57. The van der Waals surface area contributed by atoms with E-state index in [1.54, 1.807) is 6.07 Å². The second kappa shape index (κ2) is 8.31. The van der Waals surface area contributed by atoms with Crippen LogP contribution in [0.3, 0.4) is 0 Å². The summed E-state index contributed by atoms with van der Waals surface area (Å²) in [5, 5.41) is 4.97. The highest BCUT2D eigenvalue weighted by atomic mass is 35.5. The molecule has 0 aliphatic heterocycles. The molecule has 1 aromatic heterocycles. The zero-order valence-electron chi connectivity index (χ0n) is 12.8. The summed E-state index contributed by atoms with van der Waals surface area (Å²) < 4.78 is 5.30. The summed E-state index contributed by atoms with van der Waals surface area (Å²) >= 11 is 6.78. The first kappa shape index (κ1) is 17.7. The second-order valence-electron chi connectivity index (χ2n) is 5.57. The summed E-state index contributed by atoms with van der Waals surface area (Å²) in [5.41, 5.74) is 0. The molecule has 1 aliphatic carbocycles.